The monoisotopic (exact) mass is 309 g/mol. The first kappa shape index (κ1) is 14.0. The van der Waals surface area contributed by atoms with Crippen LogP contribution in [0.2, 0.25) is 0 Å². The van der Waals surface area contributed by atoms with Gasteiger partial charge >= 0.3 is 0 Å². The van der Waals surface area contributed by atoms with E-state index in [0.717, 1.165) is 24.4 Å². The summed E-state index contributed by atoms with van der Waals surface area (Å²) in [7, 11) is 0. The van der Waals surface area contributed by atoms with Crippen LogP contribution >= 0.6 is 0 Å². The lowest BCUT2D eigenvalue weighted by Crippen LogP contribution is -2.20. The van der Waals surface area contributed by atoms with Gasteiger partial charge in [-0.2, -0.15) is 10.1 Å². The Morgan fingerprint density at radius 1 is 1.26 bits per heavy atom. The highest BCUT2D eigenvalue weighted by Crippen LogP contribution is 2.26. The van der Waals surface area contributed by atoms with Crippen molar-refractivity contribution in [3.8, 4) is 5.69 Å². The second-order valence-electron chi connectivity index (χ2n) is 6.30. The van der Waals surface area contributed by atoms with Gasteiger partial charge < -0.3 is 5.32 Å². The van der Waals surface area contributed by atoms with Gasteiger partial charge in [-0.25, -0.2) is 4.68 Å². The third kappa shape index (κ3) is 2.60. The van der Waals surface area contributed by atoms with E-state index in [-0.39, 0.29) is 5.56 Å². The van der Waals surface area contributed by atoms with Crippen LogP contribution in [0.3, 0.4) is 0 Å². The predicted octanol–water partition coefficient (Wildman–Crippen LogP) is 2.71. The molecule has 2 heterocycles. The zero-order valence-electron chi connectivity index (χ0n) is 13.0. The molecule has 6 heteroatoms. The minimum Gasteiger partial charge on any atom is -0.353 e. The third-order valence-corrected chi connectivity index (χ3v) is 4.47. The van der Waals surface area contributed by atoms with Crippen molar-refractivity contribution in [3.63, 3.8) is 0 Å². The van der Waals surface area contributed by atoms with E-state index in [1.54, 1.807) is 10.9 Å². The minimum absolute atomic E-state index is 0.161. The molecule has 1 fully saturated rings. The minimum atomic E-state index is -0.161. The summed E-state index contributed by atoms with van der Waals surface area (Å²) in [6.45, 7) is 2.26. The largest absolute Gasteiger partial charge is 0.353 e. The van der Waals surface area contributed by atoms with Crippen LogP contribution in [0.15, 0.2) is 41.3 Å². The molecular weight excluding hydrogens is 290 g/mol. The molecule has 0 amide bonds. The van der Waals surface area contributed by atoms with Crippen molar-refractivity contribution in [1.29, 1.82) is 0 Å². The fraction of sp³-hybridized carbons (Fsp3) is 0.353. The number of nitrogens with one attached hydrogen (secondary N) is 2. The third-order valence-electron chi connectivity index (χ3n) is 4.47. The van der Waals surface area contributed by atoms with Crippen LogP contribution in [0.1, 0.15) is 26.2 Å². The van der Waals surface area contributed by atoms with E-state index in [1.165, 1.54) is 6.42 Å². The Morgan fingerprint density at radius 3 is 2.83 bits per heavy atom. The molecule has 1 aromatic carbocycles. The molecule has 0 bridgehead atoms. The molecule has 2 aromatic heterocycles. The Morgan fingerprint density at radius 2 is 2.09 bits per heavy atom. The number of hydrogen-bond donors (Lipinski definition) is 2. The van der Waals surface area contributed by atoms with Crippen molar-refractivity contribution < 1.29 is 0 Å². The van der Waals surface area contributed by atoms with Gasteiger partial charge in [-0.15, -0.1) is 0 Å². The summed E-state index contributed by atoms with van der Waals surface area (Å²) in [4.78, 5) is 19.7. The maximum absolute atomic E-state index is 12.3. The quantitative estimate of drug-likeness (QED) is 0.780. The Bertz CT molecular complexity index is 883. The second-order valence-corrected chi connectivity index (χ2v) is 6.30. The van der Waals surface area contributed by atoms with E-state index < -0.39 is 0 Å². The molecule has 0 aliphatic heterocycles. The number of benzene rings is 1. The number of aromatic amines is 1. The summed E-state index contributed by atoms with van der Waals surface area (Å²) in [5.41, 5.74) is 1.31. The molecule has 2 unspecified atom stereocenters. The average Bonchev–Trinajstić information content (AvgIpc) is 3.15. The van der Waals surface area contributed by atoms with Gasteiger partial charge in [0, 0.05) is 6.04 Å². The zero-order valence-corrected chi connectivity index (χ0v) is 13.0. The Balaban J connectivity index is 1.75. The van der Waals surface area contributed by atoms with Crippen LogP contribution < -0.4 is 10.9 Å². The van der Waals surface area contributed by atoms with E-state index in [9.17, 15) is 4.79 Å². The Hall–Kier alpha value is -2.63. The van der Waals surface area contributed by atoms with Crippen LogP contribution in [-0.4, -0.2) is 25.8 Å². The van der Waals surface area contributed by atoms with Gasteiger partial charge in [-0.1, -0.05) is 25.1 Å². The molecule has 1 saturated carbocycles. The highest BCUT2D eigenvalue weighted by Gasteiger charge is 2.22. The number of para-hydroxylation sites is 1. The van der Waals surface area contributed by atoms with E-state index in [0.29, 0.717) is 23.0 Å². The van der Waals surface area contributed by atoms with Crippen molar-refractivity contribution in [2.75, 3.05) is 5.32 Å². The molecule has 23 heavy (non-hydrogen) atoms. The maximum Gasteiger partial charge on any atom is 0.263 e. The fourth-order valence-corrected chi connectivity index (χ4v) is 3.28. The van der Waals surface area contributed by atoms with Crippen molar-refractivity contribution in [1.82, 2.24) is 19.7 Å². The molecule has 1 aliphatic rings. The van der Waals surface area contributed by atoms with Gasteiger partial charge in [-0.3, -0.25) is 9.78 Å². The van der Waals surface area contributed by atoms with Crippen molar-refractivity contribution in [2.24, 2.45) is 5.92 Å². The van der Waals surface area contributed by atoms with Crippen molar-refractivity contribution in [3.05, 3.63) is 46.9 Å². The van der Waals surface area contributed by atoms with Crippen LogP contribution in [-0.2, 0) is 0 Å². The average molecular weight is 309 g/mol. The van der Waals surface area contributed by atoms with Gasteiger partial charge in [0.05, 0.1) is 11.9 Å². The molecular formula is C17H19N5O. The smallest absolute Gasteiger partial charge is 0.263 e. The molecule has 1 aliphatic carbocycles. The topological polar surface area (TPSA) is 75.6 Å². The van der Waals surface area contributed by atoms with E-state index in [1.807, 2.05) is 30.3 Å². The first-order valence-corrected chi connectivity index (χ1v) is 8.01. The number of fused-ring (bicyclic) bond motifs is 1. The molecule has 0 saturated heterocycles. The highest BCUT2D eigenvalue weighted by atomic mass is 16.1. The summed E-state index contributed by atoms with van der Waals surface area (Å²) in [5.74, 6) is 1.25. The summed E-state index contributed by atoms with van der Waals surface area (Å²) < 4.78 is 1.70. The van der Waals surface area contributed by atoms with Crippen LogP contribution in [0.4, 0.5) is 5.95 Å². The number of aromatic nitrogens is 4. The number of hydrogen-bond acceptors (Lipinski definition) is 4. The summed E-state index contributed by atoms with van der Waals surface area (Å²) in [6, 6.07) is 10.1. The van der Waals surface area contributed by atoms with Crippen LogP contribution in [0.5, 0.6) is 0 Å². The normalized spacial score (nSPS) is 20.9. The molecule has 4 rings (SSSR count). The lowest BCUT2D eigenvalue weighted by molar-refractivity contribution is 0.601. The Labute approximate surface area is 133 Å². The zero-order chi connectivity index (χ0) is 15.8. The lowest BCUT2D eigenvalue weighted by atomic mass is 10.1. The number of nitrogens with zero attached hydrogens (tertiary/aromatic N) is 3. The maximum atomic E-state index is 12.3. The predicted molar refractivity (Wildman–Crippen MR) is 89.9 cm³/mol. The summed E-state index contributed by atoms with van der Waals surface area (Å²) >= 11 is 0. The molecule has 118 valence electrons. The molecule has 6 nitrogen and oxygen atoms in total. The number of anilines is 1. The lowest BCUT2D eigenvalue weighted by Gasteiger charge is -2.12. The van der Waals surface area contributed by atoms with Gasteiger partial charge in [0.25, 0.3) is 5.56 Å². The standard InChI is InChI=1S/C17H19N5O/c1-11-7-8-12(9-11)19-17-20-15-14(16(23)21-17)10-18-22(15)13-5-3-2-4-6-13/h2-6,10-12H,7-9H2,1H3,(H2,19,20,21,23). The molecule has 0 spiro atoms. The van der Waals surface area contributed by atoms with Crippen molar-refractivity contribution in [2.45, 2.75) is 32.2 Å². The summed E-state index contributed by atoms with van der Waals surface area (Å²) in [6.07, 6.45) is 5.00. The van der Waals surface area contributed by atoms with E-state index in [2.05, 4.69) is 27.3 Å². The van der Waals surface area contributed by atoms with Gasteiger partial charge in [0.1, 0.15) is 5.39 Å². The van der Waals surface area contributed by atoms with Gasteiger partial charge in [0.2, 0.25) is 5.95 Å². The first-order valence-electron chi connectivity index (χ1n) is 8.01. The van der Waals surface area contributed by atoms with Crippen LogP contribution in [0.25, 0.3) is 16.7 Å². The highest BCUT2D eigenvalue weighted by molar-refractivity contribution is 5.76. The SMILES string of the molecule is CC1CCC(Nc2nc3c(cnn3-c3ccccc3)c(=O)[nH]2)C1. The molecule has 0 radical (unpaired) electrons. The van der Waals surface area contributed by atoms with Crippen molar-refractivity contribution >= 4 is 17.0 Å². The molecule has 3 aromatic rings. The number of rotatable bonds is 3. The second kappa shape index (κ2) is 5.53. The fourth-order valence-electron chi connectivity index (χ4n) is 3.28. The molecule has 2 atom stereocenters. The van der Waals surface area contributed by atoms with Gasteiger partial charge in [0.15, 0.2) is 5.65 Å². The van der Waals surface area contributed by atoms with E-state index in [4.69, 9.17) is 0 Å². The number of H-pyrrole nitrogens is 1. The Kier molecular flexibility index (Phi) is 3.37. The van der Waals surface area contributed by atoms with Gasteiger partial charge in [-0.05, 0) is 37.3 Å². The first-order chi connectivity index (χ1) is 11.2. The summed E-state index contributed by atoms with van der Waals surface area (Å²) in [5, 5.41) is 8.18. The van der Waals surface area contributed by atoms with E-state index >= 15 is 0 Å². The van der Waals surface area contributed by atoms with Crippen LogP contribution in [0, 0.1) is 5.92 Å². The molecule has 2 N–H and O–H groups in total.